The van der Waals surface area contributed by atoms with Gasteiger partial charge in [0.2, 0.25) is 0 Å². The van der Waals surface area contributed by atoms with Crippen molar-refractivity contribution in [1.29, 1.82) is 0 Å². The van der Waals surface area contributed by atoms with Gasteiger partial charge in [-0.25, -0.2) is 4.79 Å². The number of aryl methyl sites for hydroxylation is 1. The summed E-state index contributed by atoms with van der Waals surface area (Å²) in [5, 5.41) is 9.32. The van der Waals surface area contributed by atoms with Crippen LogP contribution in [0.15, 0.2) is 24.3 Å². The second-order valence-electron chi connectivity index (χ2n) is 3.10. The number of carbonyl (C=O) groups is 1. The van der Waals surface area contributed by atoms with Crippen LogP contribution >= 0.6 is 0 Å². The van der Waals surface area contributed by atoms with Crippen LogP contribution in [-0.4, -0.2) is 15.6 Å². The normalized spacial score (nSPS) is 10.7. The maximum Gasteiger partial charge on any atom is 0.335 e. The van der Waals surface area contributed by atoms with E-state index >= 15 is 0 Å². The van der Waals surface area contributed by atoms with Gasteiger partial charge in [-0.2, -0.15) is 4.39 Å². The van der Waals surface area contributed by atoms with E-state index in [1.54, 1.807) is 13.1 Å². The highest BCUT2D eigenvalue weighted by Crippen LogP contribution is 2.19. The van der Waals surface area contributed by atoms with Gasteiger partial charge >= 0.3 is 5.97 Å². The Hall–Kier alpha value is -1.84. The summed E-state index contributed by atoms with van der Waals surface area (Å²) >= 11 is 0. The first-order chi connectivity index (χ1) is 6.59. The van der Waals surface area contributed by atoms with E-state index in [9.17, 15) is 9.18 Å². The first-order valence-electron chi connectivity index (χ1n) is 4.08. The van der Waals surface area contributed by atoms with E-state index < -0.39 is 5.97 Å². The topological polar surface area (TPSA) is 42.2 Å². The molecular formula is C10H8FNO2. The maximum absolute atomic E-state index is 13.1. The number of benzene rings is 1. The van der Waals surface area contributed by atoms with E-state index in [1.165, 1.54) is 22.8 Å². The highest BCUT2D eigenvalue weighted by Gasteiger charge is 2.08. The third-order valence-corrected chi connectivity index (χ3v) is 2.23. The third-order valence-electron chi connectivity index (χ3n) is 2.23. The molecule has 0 radical (unpaired) electrons. The smallest absolute Gasteiger partial charge is 0.335 e. The molecular weight excluding hydrogens is 185 g/mol. The quantitative estimate of drug-likeness (QED) is 0.752. The Morgan fingerprint density at radius 1 is 1.43 bits per heavy atom. The predicted octanol–water partition coefficient (Wildman–Crippen LogP) is 2.02. The van der Waals surface area contributed by atoms with Crippen LogP contribution in [0, 0.1) is 5.95 Å². The van der Waals surface area contributed by atoms with E-state index in [1.807, 2.05) is 0 Å². The number of nitrogens with zero attached hydrogens (tertiary/aromatic N) is 1. The van der Waals surface area contributed by atoms with E-state index in [4.69, 9.17) is 5.11 Å². The van der Waals surface area contributed by atoms with Gasteiger partial charge in [-0.05, 0) is 18.2 Å². The van der Waals surface area contributed by atoms with E-state index in [0.29, 0.717) is 10.9 Å². The average molecular weight is 193 g/mol. The third kappa shape index (κ3) is 1.16. The highest BCUT2D eigenvalue weighted by molar-refractivity contribution is 5.93. The molecule has 0 aliphatic carbocycles. The van der Waals surface area contributed by atoms with Crippen LogP contribution < -0.4 is 0 Å². The molecule has 1 heterocycles. The maximum atomic E-state index is 13.1. The summed E-state index contributed by atoms with van der Waals surface area (Å²) in [4.78, 5) is 10.6. The van der Waals surface area contributed by atoms with Crippen molar-refractivity contribution in [2.24, 2.45) is 7.05 Å². The van der Waals surface area contributed by atoms with Gasteiger partial charge < -0.3 is 9.67 Å². The number of fused-ring (bicyclic) bond motifs is 1. The summed E-state index contributed by atoms with van der Waals surface area (Å²) < 4.78 is 14.5. The molecule has 0 saturated heterocycles. The number of aromatic carboxylic acids is 1. The van der Waals surface area contributed by atoms with Crippen molar-refractivity contribution in [1.82, 2.24) is 4.57 Å². The number of carboxylic acid groups (broad SMARTS) is 1. The standard InChI is InChI=1S/C10H8FNO2/c1-12-8-3-2-6(10(13)14)4-7(8)5-9(12)11/h2-5H,1H3,(H,13,14). The number of hydrogen-bond donors (Lipinski definition) is 1. The monoisotopic (exact) mass is 193 g/mol. The summed E-state index contributed by atoms with van der Waals surface area (Å²) in [6.07, 6.45) is 0. The molecule has 2 aromatic rings. The number of aromatic nitrogens is 1. The Morgan fingerprint density at radius 2 is 2.14 bits per heavy atom. The summed E-state index contributed by atoms with van der Waals surface area (Å²) in [6.45, 7) is 0. The van der Waals surface area contributed by atoms with Gasteiger partial charge in [0.15, 0.2) is 5.95 Å². The van der Waals surface area contributed by atoms with Crippen LogP contribution in [0.3, 0.4) is 0 Å². The van der Waals surface area contributed by atoms with Crippen molar-refractivity contribution < 1.29 is 14.3 Å². The van der Waals surface area contributed by atoms with Gasteiger partial charge in [-0.3, -0.25) is 0 Å². The molecule has 0 amide bonds. The van der Waals surface area contributed by atoms with Crippen molar-refractivity contribution in [3.05, 3.63) is 35.8 Å². The lowest BCUT2D eigenvalue weighted by Gasteiger charge is -1.97. The Morgan fingerprint density at radius 3 is 2.79 bits per heavy atom. The SMILES string of the molecule is Cn1c(F)cc2cc(C(=O)O)ccc21. The van der Waals surface area contributed by atoms with Crippen molar-refractivity contribution in [2.75, 3.05) is 0 Å². The summed E-state index contributed by atoms with van der Waals surface area (Å²) in [6, 6.07) is 5.84. The Bertz CT molecular complexity index is 516. The lowest BCUT2D eigenvalue weighted by Crippen LogP contribution is -1.95. The van der Waals surface area contributed by atoms with Crippen molar-refractivity contribution in [2.45, 2.75) is 0 Å². The second kappa shape index (κ2) is 2.83. The average Bonchev–Trinajstić information content (AvgIpc) is 2.42. The molecule has 0 aliphatic heterocycles. The minimum atomic E-state index is -1.00. The van der Waals surface area contributed by atoms with Crippen LogP contribution in [-0.2, 0) is 7.05 Å². The zero-order valence-corrected chi connectivity index (χ0v) is 7.49. The van der Waals surface area contributed by atoms with Crippen LogP contribution in [0.1, 0.15) is 10.4 Å². The molecule has 3 nitrogen and oxygen atoms in total. The van der Waals surface area contributed by atoms with Gasteiger partial charge in [-0.1, -0.05) is 0 Å². The van der Waals surface area contributed by atoms with Gasteiger partial charge in [0, 0.05) is 18.5 Å². The molecule has 0 aliphatic rings. The van der Waals surface area contributed by atoms with Crippen molar-refractivity contribution >= 4 is 16.9 Å². The molecule has 1 aromatic carbocycles. The molecule has 1 N–H and O–H groups in total. The highest BCUT2D eigenvalue weighted by atomic mass is 19.1. The molecule has 2 rings (SSSR count). The minimum Gasteiger partial charge on any atom is -0.478 e. The summed E-state index contributed by atoms with van der Waals surface area (Å²) in [5.74, 6) is -1.38. The lowest BCUT2D eigenvalue weighted by atomic mass is 10.1. The van der Waals surface area contributed by atoms with Crippen LogP contribution in [0.25, 0.3) is 10.9 Å². The fourth-order valence-electron chi connectivity index (χ4n) is 1.45. The van der Waals surface area contributed by atoms with Gasteiger partial charge in [0.05, 0.1) is 11.1 Å². The molecule has 0 spiro atoms. The van der Waals surface area contributed by atoms with Crippen LogP contribution in [0.2, 0.25) is 0 Å². The first kappa shape index (κ1) is 8.74. The lowest BCUT2D eigenvalue weighted by molar-refractivity contribution is 0.0697. The van der Waals surface area contributed by atoms with Crippen LogP contribution in [0.5, 0.6) is 0 Å². The molecule has 72 valence electrons. The van der Waals surface area contributed by atoms with Gasteiger partial charge in [-0.15, -0.1) is 0 Å². The number of hydrogen-bond acceptors (Lipinski definition) is 1. The molecule has 14 heavy (non-hydrogen) atoms. The predicted molar refractivity (Wildman–Crippen MR) is 49.8 cm³/mol. The molecule has 0 fully saturated rings. The minimum absolute atomic E-state index is 0.170. The van der Waals surface area contributed by atoms with E-state index in [0.717, 1.165) is 0 Å². The summed E-state index contributed by atoms with van der Waals surface area (Å²) in [7, 11) is 1.60. The molecule has 1 aromatic heterocycles. The van der Waals surface area contributed by atoms with Gasteiger partial charge in [0.1, 0.15) is 0 Å². The Kier molecular flexibility index (Phi) is 1.77. The molecule has 0 saturated carbocycles. The molecule has 0 atom stereocenters. The Balaban J connectivity index is 2.73. The van der Waals surface area contributed by atoms with E-state index in [2.05, 4.69) is 0 Å². The van der Waals surface area contributed by atoms with Crippen molar-refractivity contribution in [3.63, 3.8) is 0 Å². The van der Waals surface area contributed by atoms with Crippen molar-refractivity contribution in [3.8, 4) is 0 Å². The Labute approximate surface area is 79.4 Å². The fourth-order valence-corrected chi connectivity index (χ4v) is 1.45. The zero-order valence-electron chi connectivity index (χ0n) is 7.49. The largest absolute Gasteiger partial charge is 0.478 e. The number of rotatable bonds is 1. The van der Waals surface area contributed by atoms with Gasteiger partial charge in [0.25, 0.3) is 0 Å². The van der Waals surface area contributed by atoms with E-state index in [-0.39, 0.29) is 11.5 Å². The molecule has 0 unspecified atom stereocenters. The van der Waals surface area contributed by atoms with Crippen LogP contribution in [0.4, 0.5) is 4.39 Å². The summed E-state index contributed by atoms with van der Waals surface area (Å²) in [5.41, 5.74) is 0.857. The number of halogens is 1. The first-order valence-corrected chi connectivity index (χ1v) is 4.08. The fraction of sp³-hybridized carbons (Fsp3) is 0.100. The molecule has 0 bridgehead atoms. The second-order valence-corrected chi connectivity index (χ2v) is 3.10. The zero-order chi connectivity index (χ0) is 10.3. The molecule has 4 heteroatoms. The number of carboxylic acids is 1.